The van der Waals surface area contributed by atoms with E-state index in [2.05, 4.69) is 20.8 Å². The summed E-state index contributed by atoms with van der Waals surface area (Å²) < 4.78 is 5.43. The van der Waals surface area contributed by atoms with Crippen molar-refractivity contribution in [2.45, 2.75) is 59.4 Å². The molecule has 0 saturated carbocycles. The van der Waals surface area contributed by atoms with Crippen molar-refractivity contribution < 1.29 is 9.53 Å². The quantitative estimate of drug-likeness (QED) is 0.687. The Bertz CT molecular complexity index is 414. The predicted octanol–water partition coefficient (Wildman–Crippen LogP) is 4.06. The zero-order chi connectivity index (χ0) is 15.7. The lowest BCUT2D eigenvalue weighted by Gasteiger charge is -2.28. The fraction of sp³-hybridized carbons (Fsp3) is 0.611. The molecule has 0 N–H and O–H groups in total. The van der Waals surface area contributed by atoms with Crippen LogP contribution in [0.5, 0.6) is 5.75 Å². The molecular formula is C18H29NO2. The number of carbonyl (C=O) groups is 1. The Kier molecular flexibility index (Phi) is 7.88. The summed E-state index contributed by atoms with van der Waals surface area (Å²) in [5.74, 6) is 1.08. The second-order valence-electron chi connectivity index (χ2n) is 5.45. The van der Waals surface area contributed by atoms with Crippen molar-refractivity contribution in [2.75, 3.05) is 13.2 Å². The third-order valence-electron chi connectivity index (χ3n) is 3.79. The van der Waals surface area contributed by atoms with Crippen LogP contribution in [0.25, 0.3) is 0 Å². The highest BCUT2D eigenvalue weighted by molar-refractivity contribution is 5.79. The van der Waals surface area contributed by atoms with Crippen LogP contribution in [0.15, 0.2) is 24.3 Å². The van der Waals surface area contributed by atoms with Gasteiger partial charge in [-0.05, 0) is 44.4 Å². The fourth-order valence-electron chi connectivity index (χ4n) is 2.29. The van der Waals surface area contributed by atoms with Gasteiger partial charge in [-0.3, -0.25) is 4.79 Å². The normalized spacial score (nSPS) is 12.0. The number of ether oxygens (including phenoxy) is 1. The first-order chi connectivity index (χ1) is 10.1. The molecule has 1 unspecified atom stereocenters. The molecule has 0 aliphatic carbocycles. The molecule has 0 aliphatic heterocycles. The van der Waals surface area contributed by atoms with Crippen molar-refractivity contribution in [3.05, 3.63) is 29.8 Å². The molecule has 118 valence electrons. The Balaban J connectivity index is 2.66. The largest absolute Gasteiger partial charge is 0.494 e. The van der Waals surface area contributed by atoms with Gasteiger partial charge in [0.05, 0.1) is 13.0 Å². The summed E-state index contributed by atoms with van der Waals surface area (Å²) in [4.78, 5) is 14.6. The van der Waals surface area contributed by atoms with Crippen molar-refractivity contribution in [3.8, 4) is 5.75 Å². The maximum Gasteiger partial charge on any atom is 0.227 e. The molecule has 1 aromatic rings. The molecule has 0 aliphatic rings. The van der Waals surface area contributed by atoms with E-state index in [-0.39, 0.29) is 5.91 Å². The first-order valence-electron chi connectivity index (χ1n) is 8.13. The lowest BCUT2D eigenvalue weighted by molar-refractivity contribution is -0.132. The number of nitrogens with zero attached hydrogens (tertiary/aromatic N) is 1. The number of benzene rings is 1. The molecule has 0 bridgehead atoms. The highest BCUT2D eigenvalue weighted by Crippen LogP contribution is 2.14. The predicted molar refractivity (Wildman–Crippen MR) is 87.7 cm³/mol. The maximum absolute atomic E-state index is 12.5. The Morgan fingerprint density at radius 3 is 2.38 bits per heavy atom. The summed E-state index contributed by atoms with van der Waals surface area (Å²) in [6.45, 7) is 9.92. The van der Waals surface area contributed by atoms with Gasteiger partial charge in [0.2, 0.25) is 5.91 Å². The summed E-state index contributed by atoms with van der Waals surface area (Å²) in [5, 5.41) is 0. The van der Waals surface area contributed by atoms with Crippen molar-refractivity contribution >= 4 is 5.91 Å². The lowest BCUT2D eigenvalue weighted by Crippen LogP contribution is -2.40. The number of hydrogen-bond acceptors (Lipinski definition) is 2. The molecule has 0 radical (unpaired) electrons. The van der Waals surface area contributed by atoms with Crippen LogP contribution in [0.1, 0.15) is 52.5 Å². The van der Waals surface area contributed by atoms with Crippen molar-refractivity contribution in [1.29, 1.82) is 0 Å². The fourth-order valence-corrected chi connectivity index (χ4v) is 2.29. The van der Waals surface area contributed by atoms with Gasteiger partial charge in [0.25, 0.3) is 0 Å². The minimum absolute atomic E-state index is 0.224. The summed E-state index contributed by atoms with van der Waals surface area (Å²) in [6, 6.07) is 8.15. The Morgan fingerprint density at radius 2 is 1.86 bits per heavy atom. The number of carbonyl (C=O) groups excluding carboxylic acids is 1. The molecule has 1 rings (SSSR count). The third kappa shape index (κ3) is 5.78. The van der Waals surface area contributed by atoms with Gasteiger partial charge < -0.3 is 9.64 Å². The van der Waals surface area contributed by atoms with Crippen LogP contribution in [-0.2, 0) is 11.2 Å². The zero-order valence-electron chi connectivity index (χ0n) is 13.9. The number of unbranched alkanes of at least 4 members (excludes halogenated alkanes) is 1. The molecular weight excluding hydrogens is 262 g/mol. The van der Waals surface area contributed by atoms with Crippen LogP contribution in [0.2, 0.25) is 0 Å². The van der Waals surface area contributed by atoms with Crippen LogP contribution < -0.4 is 4.74 Å². The smallest absolute Gasteiger partial charge is 0.227 e. The number of hydrogen-bond donors (Lipinski definition) is 0. The van der Waals surface area contributed by atoms with Crippen molar-refractivity contribution in [2.24, 2.45) is 0 Å². The van der Waals surface area contributed by atoms with Gasteiger partial charge >= 0.3 is 0 Å². The molecule has 1 aromatic carbocycles. The van der Waals surface area contributed by atoms with Gasteiger partial charge in [0.15, 0.2) is 0 Å². The van der Waals surface area contributed by atoms with E-state index in [1.54, 1.807) is 0 Å². The standard InChI is InChI=1S/C18H29NO2/c1-5-8-13-19(15(4)6-2)18(20)14-16-9-11-17(12-10-16)21-7-3/h9-12,15H,5-8,13-14H2,1-4H3. The van der Waals surface area contributed by atoms with Gasteiger partial charge in [-0.2, -0.15) is 0 Å². The first kappa shape index (κ1) is 17.5. The molecule has 0 spiro atoms. The van der Waals surface area contributed by atoms with E-state index < -0.39 is 0 Å². The molecule has 1 atom stereocenters. The number of amides is 1. The van der Waals surface area contributed by atoms with Gasteiger partial charge in [0, 0.05) is 12.6 Å². The zero-order valence-corrected chi connectivity index (χ0v) is 13.9. The minimum Gasteiger partial charge on any atom is -0.494 e. The SMILES string of the molecule is CCCCN(C(=O)Cc1ccc(OCC)cc1)C(C)CC. The molecule has 0 saturated heterocycles. The summed E-state index contributed by atoms with van der Waals surface area (Å²) in [5.41, 5.74) is 1.05. The first-order valence-corrected chi connectivity index (χ1v) is 8.13. The molecule has 3 nitrogen and oxygen atoms in total. The summed E-state index contributed by atoms with van der Waals surface area (Å²) >= 11 is 0. The molecule has 1 amide bonds. The summed E-state index contributed by atoms with van der Waals surface area (Å²) in [6.07, 6.45) is 3.65. The maximum atomic E-state index is 12.5. The van der Waals surface area contributed by atoms with Crippen LogP contribution in [0, 0.1) is 0 Å². The minimum atomic E-state index is 0.224. The molecule has 21 heavy (non-hydrogen) atoms. The lowest BCUT2D eigenvalue weighted by atomic mass is 10.1. The van der Waals surface area contributed by atoms with E-state index in [4.69, 9.17) is 4.74 Å². The van der Waals surface area contributed by atoms with Crippen molar-refractivity contribution in [1.82, 2.24) is 4.90 Å². The average molecular weight is 291 g/mol. The molecule has 0 aromatic heterocycles. The third-order valence-corrected chi connectivity index (χ3v) is 3.79. The average Bonchev–Trinajstić information content (AvgIpc) is 2.49. The van der Waals surface area contributed by atoms with Gasteiger partial charge in [-0.1, -0.05) is 32.4 Å². The number of rotatable bonds is 9. The van der Waals surface area contributed by atoms with E-state index in [1.165, 1.54) is 0 Å². The Morgan fingerprint density at radius 1 is 1.19 bits per heavy atom. The molecule has 0 heterocycles. The Labute approximate surface area is 129 Å². The van der Waals surface area contributed by atoms with Crippen LogP contribution in [0.4, 0.5) is 0 Å². The second-order valence-corrected chi connectivity index (χ2v) is 5.45. The van der Waals surface area contributed by atoms with Crippen molar-refractivity contribution in [3.63, 3.8) is 0 Å². The van der Waals surface area contributed by atoms with E-state index in [0.717, 1.165) is 37.1 Å². The van der Waals surface area contributed by atoms with Gasteiger partial charge in [-0.25, -0.2) is 0 Å². The second kappa shape index (κ2) is 9.43. The van der Waals surface area contributed by atoms with E-state index >= 15 is 0 Å². The summed E-state index contributed by atoms with van der Waals surface area (Å²) in [7, 11) is 0. The van der Waals surface area contributed by atoms with E-state index in [0.29, 0.717) is 19.1 Å². The van der Waals surface area contributed by atoms with Crippen LogP contribution in [-0.4, -0.2) is 30.0 Å². The topological polar surface area (TPSA) is 29.5 Å². The Hall–Kier alpha value is -1.51. The highest BCUT2D eigenvalue weighted by Gasteiger charge is 2.18. The van der Waals surface area contributed by atoms with Crippen LogP contribution >= 0.6 is 0 Å². The molecule has 0 fully saturated rings. The van der Waals surface area contributed by atoms with E-state index in [9.17, 15) is 4.79 Å². The van der Waals surface area contributed by atoms with Gasteiger partial charge in [-0.15, -0.1) is 0 Å². The van der Waals surface area contributed by atoms with Crippen LogP contribution in [0.3, 0.4) is 0 Å². The van der Waals surface area contributed by atoms with Gasteiger partial charge in [0.1, 0.15) is 5.75 Å². The molecule has 3 heteroatoms. The highest BCUT2D eigenvalue weighted by atomic mass is 16.5. The van der Waals surface area contributed by atoms with E-state index in [1.807, 2.05) is 36.1 Å². The monoisotopic (exact) mass is 291 g/mol.